The fourth-order valence-corrected chi connectivity index (χ4v) is 0.935. The van der Waals surface area contributed by atoms with E-state index in [2.05, 4.69) is 12.6 Å². The van der Waals surface area contributed by atoms with Crippen LogP contribution in [0.25, 0.3) is 0 Å². The Labute approximate surface area is 71.3 Å². The van der Waals surface area contributed by atoms with Crippen molar-refractivity contribution < 1.29 is 9.36 Å². The first kappa shape index (κ1) is 8.27. The molecule has 0 saturated carbocycles. The molecule has 1 atom stereocenters. The van der Waals surface area contributed by atoms with Crippen LogP contribution < -0.4 is 4.57 Å². The van der Waals surface area contributed by atoms with Gasteiger partial charge >= 0.3 is 0 Å². The molecule has 0 bridgehead atoms. The fraction of sp³-hybridized carbons (Fsp3) is 0.250. The third-order valence-corrected chi connectivity index (χ3v) is 1.84. The normalized spacial score (nSPS) is 12.5. The van der Waals surface area contributed by atoms with E-state index in [0.717, 1.165) is 5.56 Å². The molecule has 0 N–H and O–H groups in total. The van der Waals surface area contributed by atoms with Crippen LogP contribution in [0.3, 0.4) is 0 Å². The molecule has 1 heterocycles. The van der Waals surface area contributed by atoms with Crippen LogP contribution in [0.4, 0.5) is 0 Å². The van der Waals surface area contributed by atoms with E-state index in [4.69, 9.17) is 0 Å². The molecule has 2 nitrogen and oxygen atoms in total. The summed E-state index contributed by atoms with van der Waals surface area (Å²) < 4.78 is 1.90. The van der Waals surface area contributed by atoms with Crippen molar-refractivity contribution in [2.24, 2.45) is 7.05 Å². The summed E-state index contributed by atoms with van der Waals surface area (Å²) in [4.78, 5) is 10.2. The Balaban J connectivity index is 2.89. The van der Waals surface area contributed by atoms with Crippen molar-refractivity contribution in [3.05, 3.63) is 30.1 Å². The fourth-order valence-electron chi connectivity index (χ4n) is 0.763. The maximum Gasteiger partial charge on any atom is 0.216 e. The first-order valence-electron chi connectivity index (χ1n) is 3.25. The largest absolute Gasteiger partial charge is 0.289 e. The number of aryl methyl sites for hydroxylation is 1. The standard InChI is InChI=1S/C8H8NOS/c1-9-4-2-7(3-5-9)8(11)6-10/h2-5,8H,1H3/p+1. The van der Waals surface area contributed by atoms with E-state index in [1.165, 1.54) is 0 Å². The van der Waals surface area contributed by atoms with Gasteiger partial charge in [0.05, 0.1) is 5.25 Å². The summed E-state index contributed by atoms with van der Waals surface area (Å²) in [5.41, 5.74) is 0.876. The van der Waals surface area contributed by atoms with Gasteiger partial charge in [-0.2, -0.15) is 12.6 Å². The van der Waals surface area contributed by atoms with Gasteiger partial charge in [0.25, 0.3) is 0 Å². The highest BCUT2D eigenvalue weighted by atomic mass is 32.1. The Morgan fingerprint density at radius 1 is 1.55 bits per heavy atom. The summed E-state index contributed by atoms with van der Waals surface area (Å²) in [6.45, 7) is 0. The minimum absolute atomic E-state index is 0.420. The highest BCUT2D eigenvalue weighted by Gasteiger charge is 2.05. The summed E-state index contributed by atoms with van der Waals surface area (Å²) in [6.07, 6.45) is 5.55. The van der Waals surface area contributed by atoms with E-state index >= 15 is 0 Å². The SMILES string of the molecule is C[n+]1ccc(C(S)[C]=O)cc1. The van der Waals surface area contributed by atoms with Gasteiger partial charge in [0.15, 0.2) is 12.4 Å². The molecule has 0 aliphatic heterocycles. The number of thiol groups is 1. The zero-order valence-corrected chi connectivity index (χ0v) is 7.08. The lowest BCUT2D eigenvalue weighted by Gasteiger charge is -1.98. The summed E-state index contributed by atoms with van der Waals surface area (Å²) in [5.74, 6) is 0. The second kappa shape index (κ2) is 3.53. The van der Waals surface area contributed by atoms with Crippen LogP contribution in [0, 0.1) is 0 Å². The van der Waals surface area contributed by atoms with Gasteiger partial charge in [-0.15, -0.1) is 0 Å². The number of pyridine rings is 1. The van der Waals surface area contributed by atoms with Crippen molar-refractivity contribution in [3.63, 3.8) is 0 Å². The van der Waals surface area contributed by atoms with Crippen molar-refractivity contribution in [1.29, 1.82) is 0 Å². The number of hydrogen-bond donors (Lipinski definition) is 1. The van der Waals surface area contributed by atoms with Gasteiger partial charge < -0.3 is 0 Å². The molecule has 1 aromatic heterocycles. The minimum atomic E-state index is -0.420. The average Bonchev–Trinajstić information content (AvgIpc) is 2.05. The van der Waals surface area contributed by atoms with Gasteiger partial charge in [0.2, 0.25) is 6.29 Å². The number of hydrogen-bond acceptors (Lipinski definition) is 2. The highest BCUT2D eigenvalue weighted by Crippen LogP contribution is 2.14. The molecule has 0 aromatic carbocycles. The molecule has 0 amide bonds. The van der Waals surface area contributed by atoms with Crippen LogP contribution in [0.1, 0.15) is 10.8 Å². The van der Waals surface area contributed by atoms with E-state index in [9.17, 15) is 4.79 Å². The first-order valence-corrected chi connectivity index (χ1v) is 3.76. The lowest BCUT2D eigenvalue weighted by Crippen LogP contribution is -2.26. The van der Waals surface area contributed by atoms with Crippen molar-refractivity contribution in [2.45, 2.75) is 5.25 Å². The molecule has 0 aliphatic rings. The van der Waals surface area contributed by atoms with Gasteiger partial charge in [-0.05, 0) is 5.56 Å². The van der Waals surface area contributed by atoms with E-state index < -0.39 is 5.25 Å². The number of rotatable bonds is 2. The van der Waals surface area contributed by atoms with Crippen molar-refractivity contribution in [2.75, 3.05) is 0 Å². The summed E-state index contributed by atoms with van der Waals surface area (Å²) in [5, 5.41) is -0.420. The van der Waals surface area contributed by atoms with Crippen molar-refractivity contribution >= 4 is 18.9 Å². The quantitative estimate of drug-likeness (QED) is 0.505. The van der Waals surface area contributed by atoms with Gasteiger partial charge in [-0.25, -0.2) is 4.57 Å². The van der Waals surface area contributed by atoms with E-state index in [1.54, 1.807) is 6.29 Å². The van der Waals surface area contributed by atoms with E-state index in [0.29, 0.717) is 0 Å². The van der Waals surface area contributed by atoms with E-state index in [1.807, 2.05) is 36.1 Å². The number of nitrogens with zero attached hydrogens (tertiary/aromatic N) is 1. The molecule has 0 spiro atoms. The lowest BCUT2D eigenvalue weighted by molar-refractivity contribution is -0.671. The van der Waals surface area contributed by atoms with Crippen LogP contribution >= 0.6 is 12.6 Å². The van der Waals surface area contributed by atoms with Crippen molar-refractivity contribution in [1.82, 2.24) is 0 Å². The van der Waals surface area contributed by atoms with Crippen LogP contribution in [-0.4, -0.2) is 6.29 Å². The van der Waals surface area contributed by atoms with Gasteiger partial charge in [0.1, 0.15) is 7.05 Å². The second-order valence-corrected chi connectivity index (χ2v) is 2.83. The molecule has 0 fully saturated rings. The molecule has 1 rings (SSSR count). The number of aromatic nitrogens is 1. The molecule has 57 valence electrons. The first-order chi connectivity index (χ1) is 5.24. The third kappa shape index (κ3) is 2.05. The zero-order chi connectivity index (χ0) is 8.27. The van der Waals surface area contributed by atoms with E-state index in [-0.39, 0.29) is 0 Å². The topological polar surface area (TPSA) is 20.9 Å². The van der Waals surface area contributed by atoms with Crippen LogP contribution in [0.15, 0.2) is 24.5 Å². The van der Waals surface area contributed by atoms with Gasteiger partial charge in [-0.3, -0.25) is 4.79 Å². The minimum Gasteiger partial charge on any atom is -0.289 e. The molecular formula is C8H9NOS+. The molecule has 3 heteroatoms. The second-order valence-electron chi connectivity index (χ2n) is 2.32. The monoisotopic (exact) mass is 167 g/mol. The Hall–Kier alpha value is -0.830. The van der Waals surface area contributed by atoms with Gasteiger partial charge in [0, 0.05) is 12.1 Å². The Bertz CT molecular complexity index is 245. The predicted octanol–water partition coefficient (Wildman–Crippen LogP) is 0.592. The zero-order valence-electron chi connectivity index (χ0n) is 6.19. The van der Waals surface area contributed by atoms with Crippen LogP contribution in [0.5, 0.6) is 0 Å². The maximum absolute atomic E-state index is 10.2. The molecule has 0 aliphatic carbocycles. The molecule has 1 aromatic rings. The van der Waals surface area contributed by atoms with Gasteiger partial charge in [-0.1, -0.05) is 0 Å². The smallest absolute Gasteiger partial charge is 0.216 e. The average molecular weight is 167 g/mol. The molecule has 1 unspecified atom stereocenters. The van der Waals surface area contributed by atoms with Crippen LogP contribution in [-0.2, 0) is 11.8 Å². The number of carbonyl (C=O) groups excluding carboxylic acids is 1. The molecular weight excluding hydrogens is 158 g/mol. The summed E-state index contributed by atoms with van der Waals surface area (Å²) in [7, 11) is 1.92. The highest BCUT2D eigenvalue weighted by molar-refractivity contribution is 7.81. The Kier molecular flexibility index (Phi) is 2.65. The molecule has 1 radical (unpaired) electrons. The molecule has 11 heavy (non-hydrogen) atoms. The van der Waals surface area contributed by atoms with Crippen LogP contribution in [0.2, 0.25) is 0 Å². The summed E-state index contributed by atoms with van der Waals surface area (Å²) >= 11 is 4.02. The molecule has 0 saturated heterocycles. The summed E-state index contributed by atoms with van der Waals surface area (Å²) in [6, 6.07) is 3.70. The van der Waals surface area contributed by atoms with Crippen molar-refractivity contribution in [3.8, 4) is 0 Å². The Morgan fingerprint density at radius 3 is 2.55 bits per heavy atom. The Morgan fingerprint density at radius 2 is 2.09 bits per heavy atom. The lowest BCUT2D eigenvalue weighted by atomic mass is 10.2. The third-order valence-electron chi connectivity index (χ3n) is 1.43. The maximum atomic E-state index is 10.2. The predicted molar refractivity (Wildman–Crippen MR) is 45.0 cm³/mol.